The molecule has 0 amide bonds. The number of rotatable bonds is 4. The summed E-state index contributed by atoms with van der Waals surface area (Å²) >= 11 is 0. The first-order valence-corrected chi connectivity index (χ1v) is 7.32. The van der Waals surface area contributed by atoms with Crippen molar-refractivity contribution in [2.45, 2.75) is 23.5 Å². The van der Waals surface area contributed by atoms with E-state index in [0.29, 0.717) is 4.90 Å². The van der Waals surface area contributed by atoms with Crippen molar-refractivity contribution in [3.8, 4) is 0 Å². The maximum absolute atomic E-state index is 12.5. The van der Waals surface area contributed by atoms with Gasteiger partial charge in [-0.15, -0.1) is 0 Å². The van der Waals surface area contributed by atoms with Gasteiger partial charge in [-0.25, -0.2) is 0 Å². The predicted octanol–water partition coefficient (Wildman–Crippen LogP) is 1.21. The minimum Gasteiger partial charge on any atom is -0.468 e. The van der Waals surface area contributed by atoms with Gasteiger partial charge in [-0.3, -0.25) is 13.8 Å². The molecule has 5 nitrogen and oxygen atoms in total. The minimum absolute atomic E-state index is 0.187. The van der Waals surface area contributed by atoms with Gasteiger partial charge >= 0.3 is 11.9 Å². The summed E-state index contributed by atoms with van der Waals surface area (Å²) in [6.07, 6.45) is 0.187. The molecule has 1 saturated carbocycles. The SMILES string of the molecule is COC(=O)C1(C(=O)OC)C[C@H]1S(=O)c1ccc(C)cc1. The maximum atomic E-state index is 12.5. The summed E-state index contributed by atoms with van der Waals surface area (Å²) in [5, 5.41) is -0.592. The van der Waals surface area contributed by atoms with Crippen molar-refractivity contribution in [2.24, 2.45) is 5.41 Å². The molecule has 0 spiro atoms. The Labute approximate surface area is 119 Å². The Morgan fingerprint density at radius 3 is 2.10 bits per heavy atom. The van der Waals surface area contributed by atoms with Crippen LogP contribution in [0.2, 0.25) is 0 Å². The first-order valence-electron chi connectivity index (χ1n) is 6.11. The predicted molar refractivity (Wildman–Crippen MR) is 72.5 cm³/mol. The third kappa shape index (κ3) is 2.24. The second-order valence-corrected chi connectivity index (χ2v) is 6.39. The number of carbonyl (C=O) groups excluding carboxylic acids is 2. The van der Waals surface area contributed by atoms with Gasteiger partial charge in [-0.05, 0) is 25.5 Å². The Morgan fingerprint density at radius 2 is 1.65 bits per heavy atom. The van der Waals surface area contributed by atoms with Crippen molar-refractivity contribution >= 4 is 22.7 Å². The van der Waals surface area contributed by atoms with Crippen LogP contribution in [0, 0.1) is 12.3 Å². The number of methoxy groups -OCH3 is 2. The van der Waals surface area contributed by atoms with E-state index in [2.05, 4.69) is 9.47 Å². The highest BCUT2D eigenvalue weighted by molar-refractivity contribution is 7.86. The molecular weight excluding hydrogens is 280 g/mol. The molecule has 0 heterocycles. The van der Waals surface area contributed by atoms with Gasteiger partial charge < -0.3 is 9.47 Å². The molecule has 0 bridgehead atoms. The molecule has 1 unspecified atom stereocenters. The van der Waals surface area contributed by atoms with Crippen LogP contribution < -0.4 is 0 Å². The number of carbonyl (C=O) groups is 2. The van der Waals surface area contributed by atoms with E-state index in [1.54, 1.807) is 12.1 Å². The Morgan fingerprint density at radius 1 is 1.15 bits per heavy atom. The average molecular weight is 296 g/mol. The third-order valence-corrected chi connectivity index (χ3v) is 5.33. The molecule has 0 N–H and O–H groups in total. The van der Waals surface area contributed by atoms with Crippen LogP contribution in [0.3, 0.4) is 0 Å². The molecule has 108 valence electrons. The second kappa shape index (κ2) is 5.36. The van der Waals surface area contributed by atoms with Crippen molar-refractivity contribution in [1.29, 1.82) is 0 Å². The Kier molecular flexibility index (Phi) is 3.94. The Bertz CT molecular complexity index is 547. The molecule has 0 radical (unpaired) electrons. The maximum Gasteiger partial charge on any atom is 0.324 e. The smallest absolute Gasteiger partial charge is 0.324 e. The van der Waals surface area contributed by atoms with Crippen LogP contribution in [0.4, 0.5) is 0 Å². The third-order valence-electron chi connectivity index (χ3n) is 3.51. The van der Waals surface area contributed by atoms with Crippen molar-refractivity contribution in [3.05, 3.63) is 29.8 Å². The van der Waals surface area contributed by atoms with Crippen LogP contribution in [-0.4, -0.2) is 35.6 Å². The molecule has 0 saturated heterocycles. The van der Waals surface area contributed by atoms with Crippen molar-refractivity contribution in [2.75, 3.05) is 14.2 Å². The molecule has 2 rings (SSSR count). The van der Waals surface area contributed by atoms with Crippen molar-refractivity contribution in [3.63, 3.8) is 0 Å². The summed E-state index contributed by atoms with van der Waals surface area (Å²) in [5.74, 6) is -1.37. The first-order chi connectivity index (χ1) is 9.47. The lowest BCUT2D eigenvalue weighted by Gasteiger charge is -2.12. The zero-order chi connectivity index (χ0) is 14.9. The number of ether oxygens (including phenoxy) is 2. The lowest BCUT2D eigenvalue weighted by atomic mass is 10.1. The molecule has 6 heteroatoms. The topological polar surface area (TPSA) is 69.7 Å². The highest BCUT2D eigenvalue weighted by atomic mass is 32.2. The summed E-state index contributed by atoms with van der Waals surface area (Å²) in [6.45, 7) is 1.93. The summed E-state index contributed by atoms with van der Waals surface area (Å²) in [6, 6.07) is 7.16. The van der Waals surface area contributed by atoms with E-state index in [0.717, 1.165) is 5.56 Å². The van der Waals surface area contributed by atoms with E-state index in [4.69, 9.17) is 0 Å². The highest BCUT2D eigenvalue weighted by Gasteiger charge is 2.70. The Hall–Kier alpha value is -1.69. The number of aryl methyl sites for hydroxylation is 1. The molecule has 1 aromatic rings. The fraction of sp³-hybridized carbons (Fsp3) is 0.429. The van der Waals surface area contributed by atoms with E-state index in [-0.39, 0.29) is 6.42 Å². The zero-order valence-corrected chi connectivity index (χ0v) is 12.4. The summed E-state index contributed by atoms with van der Waals surface area (Å²) in [4.78, 5) is 24.3. The molecule has 20 heavy (non-hydrogen) atoms. The molecule has 1 aromatic carbocycles. The monoisotopic (exact) mass is 296 g/mol. The van der Waals surface area contributed by atoms with Crippen LogP contribution in [0.15, 0.2) is 29.2 Å². The quantitative estimate of drug-likeness (QED) is 0.617. The number of hydrogen-bond donors (Lipinski definition) is 0. The summed E-state index contributed by atoms with van der Waals surface area (Å²) in [5.41, 5.74) is -0.368. The number of hydrogen-bond acceptors (Lipinski definition) is 5. The zero-order valence-electron chi connectivity index (χ0n) is 11.5. The minimum atomic E-state index is -1.45. The van der Waals surface area contributed by atoms with E-state index in [9.17, 15) is 13.8 Å². The van der Waals surface area contributed by atoms with Gasteiger partial charge in [0.15, 0.2) is 5.41 Å². The fourth-order valence-electron chi connectivity index (χ4n) is 2.21. The van der Waals surface area contributed by atoms with E-state index >= 15 is 0 Å². The van der Waals surface area contributed by atoms with Gasteiger partial charge in [-0.2, -0.15) is 0 Å². The fourth-order valence-corrected chi connectivity index (χ4v) is 3.91. The lowest BCUT2D eigenvalue weighted by molar-refractivity contribution is -0.161. The van der Waals surface area contributed by atoms with E-state index in [1.807, 2.05) is 19.1 Å². The van der Waals surface area contributed by atoms with Crippen LogP contribution in [0.5, 0.6) is 0 Å². The molecule has 2 atom stereocenters. The van der Waals surface area contributed by atoms with Crippen molar-refractivity contribution < 1.29 is 23.3 Å². The molecular formula is C14H16O5S. The van der Waals surface area contributed by atoms with Gasteiger partial charge in [0.05, 0.1) is 30.3 Å². The molecule has 1 aliphatic carbocycles. The standard InChI is InChI=1S/C14H16O5S/c1-9-4-6-10(7-5-9)20(17)11-8-14(11,12(15)18-2)13(16)19-3/h4-7,11H,8H2,1-3H3/t11-,20?/m1/s1. The van der Waals surface area contributed by atoms with Gasteiger partial charge in [0, 0.05) is 4.90 Å². The largest absolute Gasteiger partial charge is 0.468 e. The molecule has 1 aliphatic rings. The average Bonchev–Trinajstić information content (AvgIpc) is 3.22. The molecule has 0 aliphatic heterocycles. The number of benzene rings is 1. The normalized spacial score (nSPS) is 20.9. The van der Waals surface area contributed by atoms with Gasteiger partial charge in [0.1, 0.15) is 0 Å². The van der Waals surface area contributed by atoms with Gasteiger partial charge in [-0.1, -0.05) is 17.7 Å². The van der Waals surface area contributed by atoms with Crippen LogP contribution in [0.25, 0.3) is 0 Å². The number of esters is 2. The van der Waals surface area contributed by atoms with Crippen LogP contribution in [0.1, 0.15) is 12.0 Å². The Balaban J connectivity index is 2.26. The van der Waals surface area contributed by atoms with Gasteiger partial charge in [0.25, 0.3) is 0 Å². The highest BCUT2D eigenvalue weighted by Crippen LogP contribution is 2.52. The summed E-state index contributed by atoms with van der Waals surface area (Å²) < 4.78 is 21.8. The second-order valence-electron chi connectivity index (χ2n) is 4.76. The molecule has 1 fully saturated rings. The van der Waals surface area contributed by atoms with Crippen LogP contribution in [-0.2, 0) is 29.9 Å². The molecule has 0 aromatic heterocycles. The van der Waals surface area contributed by atoms with Crippen molar-refractivity contribution in [1.82, 2.24) is 0 Å². The summed E-state index contributed by atoms with van der Waals surface area (Å²) in [7, 11) is 0.963. The van der Waals surface area contributed by atoms with E-state index < -0.39 is 33.4 Å². The first kappa shape index (κ1) is 14.7. The van der Waals surface area contributed by atoms with Gasteiger partial charge in [0.2, 0.25) is 0 Å². The lowest BCUT2D eigenvalue weighted by Crippen LogP contribution is -2.32. The van der Waals surface area contributed by atoms with E-state index in [1.165, 1.54) is 14.2 Å². The van der Waals surface area contributed by atoms with Crippen LogP contribution >= 0.6 is 0 Å².